The van der Waals surface area contributed by atoms with Gasteiger partial charge in [0.15, 0.2) is 0 Å². The first kappa shape index (κ1) is 16.7. The van der Waals surface area contributed by atoms with Crippen molar-refractivity contribution >= 4 is 21.7 Å². The molecule has 122 valence electrons. The molecule has 1 saturated carbocycles. The van der Waals surface area contributed by atoms with E-state index >= 15 is 0 Å². The molecule has 6 nitrogen and oxygen atoms in total. The molecule has 3 N–H and O–H groups in total. The SMILES string of the molecule is CNS(=O)(=O)c1ccc(NC2CCC(C(=O)O)CC2)c(F)c1. The summed E-state index contributed by atoms with van der Waals surface area (Å²) in [4.78, 5) is 10.8. The van der Waals surface area contributed by atoms with Gasteiger partial charge in [-0.3, -0.25) is 4.79 Å². The predicted molar refractivity (Wildman–Crippen MR) is 79.7 cm³/mol. The van der Waals surface area contributed by atoms with Crippen molar-refractivity contribution in [2.45, 2.75) is 36.6 Å². The summed E-state index contributed by atoms with van der Waals surface area (Å²) in [6.45, 7) is 0. The van der Waals surface area contributed by atoms with Crippen LogP contribution >= 0.6 is 0 Å². The second-order valence-corrected chi connectivity index (χ2v) is 7.27. The quantitative estimate of drug-likeness (QED) is 0.765. The van der Waals surface area contributed by atoms with Crippen LogP contribution in [0.25, 0.3) is 0 Å². The van der Waals surface area contributed by atoms with Crippen LogP contribution in [-0.4, -0.2) is 32.6 Å². The van der Waals surface area contributed by atoms with Gasteiger partial charge in [-0.15, -0.1) is 0 Å². The lowest BCUT2D eigenvalue weighted by Gasteiger charge is -2.27. The van der Waals surface area contributed by atoms with Crippen LogP contribution in [0.15, 0.2) is 23.1 Å². The largest absolute Gasteiger partial charge is 0.481 e. The highest BCUT2D eigenvalue weighted by atomic mass is 32.2. The number of nitrogens with one attached hydrogen (secondary N) is 2. The Hall–Kier alpha value is -1.67. The number of benzene rings is 1. The van der Waals surface area contributed by atoms with E-state index in [0.717, 1.165) is 6.07 Å². The van der Waals surface area contributed by atoms with Crippen molar-refractivity contribution in [1.82, 2.24) is 4.72 Å². The molecular formula is C14H19FN2O4S. The van der Waals surface area contributed by atoms with Gasteiger partial charge in [0, 0.05) is 6.04 Å². The Morgan fingerprint density at radius 1 is 1.27 bits per heavy atom. The fourth-order valence-electron chi connectivity index (χ4n) is 2.60. The zero-order valence-electron chi connectivity index (χ0n) is 12.2. The van der Waals surface area contributed by atoms with Crippen molar-refractivity contribution in [3.8, 4) is 0 Å². The fraction of sp³-hybridized carbons (Fsp3) is 0.500. The average molecular weight is 330 g/mol. The van der Waals surface area contributed by atoms with Crippen LogP contribution in [0.4, 0.5) is 10.1 Å². The van der Waals surface area contributed by atoms with Crippen molar-refractivity contribution in [3.63, 3.8) is 0 Å². The minimum absolute atomic E-state index is 0.00291. The number of aliphatic carboxylic acids is 1. The number of halogens is 1. The van der Waals surface area contributed by atoms with Gasteiger partial charge in [-0.2, -0.15) is 0 Å². The second-order valence-electron chi connectivity index (χ2n) is 5.38. The van der Waals surface area contributed by atoms with Gasteiger partial charge in [0.2, 0.25) is 10.0 Å². The number of carboxylic acid groups (broad SMARTS) is 1. The highest BCUT2D eigenvalue weighted by Crippen LogP contribution is 2.28. The minimum Gasteiger partial charge on any atom is -0.481 e. The summed E-state index contributed by atoms with van der Waals surface area (Å²) < 4.78 is 39.4. The van der Waals surface area contributed by atoms with E-state index < -0.39 is 21.8 Å². The molecule has 8 heteroatoms. The highest BCUT2D eigenvalue weighted by molar-refractivity contribution is 7.89. The van der Waals surface area contributed by atoms with Crippen LogP contribution in [0.2, 0.25) is 0 Å². The molecule has 1 aliphatic carbocycles. The lowest BCUT2D eigenvalue weighted by Crippen LogP contribution is -2.29. The molecule has 0 heterocycles. The number of hydrogen-bond acceptors (Lipinski definition) is 4. The van der Waals surface area contributed by atoms with E-state index in [-0.39, 0.29) is 22.5 Å². The minimum atomic E-state index is -3.67. The Kier molecular flexibility index (Phi) is 5.02. The van der Waals surface area contributed by atoms with Gasteiger partial charge in [-0.25, -0.2) is 17.5 Å². The topological polar surface area (TPSA) is 95.5 Å². The van der Waals surface area contributed by atoms with Crippen molar-refractivity contribution in [2.24, 2.45) is 5.92 Å². The van der Waals surface area contributed by atoms with Gasteiger partial charge >= 0.3 is 5.97 Å². The van der Waals surface area contributed by atoms with E-state index in [2.05, 4.69) is 10.0 Å². The molecule has 22 heavy (non-hydrogen) atoms. The third-order valence-electron chi connectivity index (χ3n) is 3.96. The summed E-state index contributed by atoms with van der Waals surface area (Å²) in [5, 5.41) is 12.0. The Bertz CT molecular complexity index is 655. The van der Waals surface area contributed by atoms with E-state index in [1.54, 1.807) is 0 Å². The first-order valence-corrected chi connectivity index (χ1v) is 8.54. The standard InChI is InChI=1S/C14H19FN2O4S/c1-16-22(20,21)11-6-7-13(12(15)8-11)17-10-4-2-9(3-5-10)14(18)19/h6-10,16-17H,2-5H2,1H3,(H,18,19). The number of hydrogen-bond donors (Lipinski definition) is 3. The predicted octanol–water partition coefficient (Wildman–Crippen LogP) is 1.79. The van der Waals surface area contributed by atoms with Crippen LogP contribution in [0.5, 0.6) is 0 Å². The maximum Gasteiger partial charge on any atom is 0.306 e. The Balaban J connectivity index is 2.04. The summed E-state index contributed by atoms with van der Waals surface area (Å²) in [5.74, 6) is -1.76. The molecule has 0 bridgehead atoms. The molecule has 0 atom stereocenters. The van der Waals surface area contributed by atoms with Gasteiger partial charge in [0.1, 0.15) is 5.82 Å². The molecule has 0 radical (unpaired) electrons. The first-order valence-electron chi connectivity index (χ1n) is 7.06. The summed E-state index contributed by atoms with van der Waals surface area (Å²) in [5.41, 5.74) is 0.230. The average Bonchev–Trinajstić information content (AvgIpc) is 2.49. The lowest BCUT2D eigenvalue weighted by atomic mass is 9.86. The Morgan fingerprint density at radius 3 is 2.41 bits per heavy atom. The Labute approximate surface area is 128 Å². The lowest BCUT2D eigenvalue weighted by molar-refractivity contribution is -0.142. The van der Waals surface area contributed by atoms with Crippen molar-refractivity contribution in [2.75, 3.05) is 12.4 Å². The van der Waals surface area contributed by atoms with Crippen molar-refractivity contribution in [3.05, 3.63) is 24.0 Å². The molecule has 0 aliphatic heterocycles. The zero-order chi connectivity index (χ0) is 16.3. The molecule has 0 saturated heterocycles. The number of anilines is 1. The maximum atomic E-state index is 14.0. The molecule has 0 amide bonds. The first-order chi connectivity index (χ1) is 10.3. The second kappa shape index (κ2) is 6.62. The van der Waals surface area contributed by atoms with Crippen LogP contribution < -0.4 is 10.0 Å². The highest BCUT2D eigenvalue weighted by Gasteiger charge is 2.26. The van der Waals surface area contributed by atoms with E-state index in [1.807, 2.05) is 0 Å². The zero-order valence-corrected chi connectivity index (χ0v) is 13.0. The summed E-state index contributed by atoms with van der Waals surface area (Å²) >= 11 is 0. The van der Waals surface area contributed by atoms with Crippen LogP contribution in [-0.2, 0) is 14.8 Å². The molecule has 1 aromatic carbocycles. The normalized spacial score (nSPS) is 22.3. The monoisotopic (exact) mass is 330 g/mol. The smallest absolute Gasteiger partial charge is 0.306 e. The van der Waals surface area contributed by atoms with E-state index in [0.29, 0.717) is 25.7 Å². The van der Waals surface area contributed by atoms with Gasteiger partial charge in [-0.05, 0) is 50.9 Å². The fourth-order valence-corrected chi connectivity index (χ4v) is 3.34. The van der Waals surface area contributed by atoms with Crippen LogP contribution in [0.3, 0.4) is 0 Å². The number of carbonyl (C=O) groups is 1. The molecule has 1 aromatic rings. The summed E-state index contributed by atoms with van der Waals surface area (Å²) in [7, 11) is -2.41. The Morgan fingerprint density at radius 2 is 1.91 bits per heavy atom. The van der Waals surface area contributed by atoms with Gasteiger partial charge in [-0.1, -0.05) is 0 Å². The van der Waals surface area contributed by atoms with E-state index in [9.17, 15) is 17.6 Å². The van der Waals surface area contributed by atoms with Gasteiger partial charge in [0.05, 0.1) is 16.5 Å². The van der Waals surface area contributed by atoms with E-state index in [1.165, 1.54) is 19.2 Å². The third kappa shape index (κ3) is 3.75. The molecule has 0 unspecified atom stereocenters. The van der Waals surface area contributed by atoms with E-state index in [4.69, 9.17) is 5.11 Å². The van der Waals surface area contributed by atoms with Gasteiger partial charge in [0.25, 0.3) is 0 Å². The van der Waals surface area contributed by atoms with Crippen LogP contribution in [0, 0.1) is 11.7 Å². The molecule has 1 fully saturated rings. The number of sulfonamides is 1. The third-order valence-corrected chi connectivity index (χ3v) is 5.37. The number of carboxylic acids is 1. The van der Waals surface area contributed by atoms with Gasteiger partial charge < -0.3 is 10.4 Å². The molecular weight excluding hydrogens is 311 g/mol. The van der Waals surface area contributed by atoms with Crippen molar-refractivity contribution in [1.29, 1.82) is 0 Å². The van der Waals surface area contributed by atoms with Crippen LogP contribution in [0.1, 0.15) is 25.7 Å². The maximum absolute atomic E-state index is 14.0. The van der Waals surface area contributed by atoms with Crippen molar-refractivity contribution < 1.29 is 22.7 Å². The number of rotatable bonds is 5. The molecule has 0 aromatic heterocycles. The summed E-state index contributed by atoms with van der Waals surface area (Å²) in [6.07, 6.45) is 2.40. The molecule has 2 rings (SSSR count). The summed E-state index contributed by atoms with van der Waals surface area (Å²) in [6, 6.07) is 3.69. The molecule has 1 aliphatic rings. The molecule has 0 spiro atoms.